The maximum atomic E-state index is 2.39. The van der Waals surface area contributed by atoms with E-state index in [1.807, 2.05) is 0 Å². The Morgan fingerprint density at radius 3 is 2.87 bits per heavy atom. The molecule has 1 heterocycles. The van der Waals surface area contributed by atoms with E-state index >= 15 is 0 Å². The van der Waals surface area contributed by atoms with Crippen LogP contribution in [0.15, 0.2) is 30.5 Å². The Labute approximate surface area is 98.2 Å². The van der Waals surface area contributed by atoms with Gasteiger partial charge in [0.15, 0.2) is 0 Å². The van der Waals surface area contributed by atoms with Crippen LogP contribution in [0.4, 0.5) is 0 Å². The molecule has 0 bridgehead atoms. The summed E-state index contributed by atoms with van der Waals surface area (Å²) in [6, 6.07) is 8.63. The van der Waals surface area contributed by atoms with E-state index in [2.05, 4.69) is 48.4 Å². The second-order valence-electron chi connectivity index (χ2n) is 3.84. The summed E-state index contributed by atoms with van der Waals surface area (Å²) in [7, 11) is 0. The first kappa shape index (κ1) is 12.1. The summed E-state index contributed by atoms with van der Waals surface area (Å²) in [6.07, 6.45) is 6.99. The molecule has 1 aliphatic rings. The van der Waals surface area contributed by atoms with Gasteiger partial charge in [-0.2, -0.15) is 0 Å². The van der Waals surface area contributed by atoms with E-state index in [-0.39, 0.29) is 12.4 Å². The fraction of sp³-hybridized carbons (Fsp3) is 0.385. The van der Waals surface area contributed by atoms with Crippen LogP contribution in [-0.4, -0.2) is 11.4 Å². The molecule has 82 valence electrons. The van der Waals surface area contributed by atoms with E-state index in [1.54, 1.807) is 0 Å². The van der Waals surface area contributed by atoms with E-state index in [1.165, 1.54) is 30.5 Å². The molecule has 1 aromatic rings. The Morgan fingerprint density at radius 2 is 2.07 bits per heavy atom. The van der Waals surface area contributed by atoms with Crippen molar-refractivity contribution in [2.75, 3.05) is 6.54 Å². The first-order valence-electron chi connectivity index (χ1n) is 5.40. The van der Waals surface area contributed by atoms with Crippen LogP contribution in [0, 0.1) is 0 Å². The monoisotopic (exact) mass is 223 g/mol. The Balaban J connectivity index is 0.00000112. The molecule has 0 amide bonds. The van der Waals surface area contributed by atoms with Crippen molar-refractivity contribution in [3.05, 3.63) is 41.6 Å². The topological polar surface area (TPSA) is 3.24 Å². The van der Waals surface area contributed by atoms with Crippen LogP contribution in [0.3, 0.4) is 0 Å². The molecule has 1 nitrogen and oxygen atoms in total. The second-order valence-corrected chi connectivity index (χ2v) is 3.84. The van der Waals surface area contributed by atoms with E-state index in [0.29, 0.717) is 0 Å². The molecule has 0 radical (unpaired) electrons. The lowest BCUT2D eigenvalue weighted by molar-refractivity contribution is 0.359. The SMILES string of the molecule is CCCCN1C=Cc2ccccc2C1.Cl. The predicted octanol–water partition coefficient (Wildman–Crippen LogP) is 3.69. The summed E-state index contributed by atoms with van der Waals surface area (Å²) in [4.78, 5) is 2.39. The molecule has 0 spiro atoms. The standard InChI is InChI=1S/C13H17N.ClH/c1-2-3-9-14-10-8-12-6-4-5-7-13(12)11-14;/h4-8,10H,2-3,9,11H2,1H3;1H. The quantitative estimate of drug-likeness (QED) is 0.756. The first-order chi connectivity index (χ1) is 6.90. The zero-order chi connectivity index (χ0) is 9.80. The minimum Gasteiger partial charge on any atom is -0.373 e. The summed E-state index contributed by atoms with van der Waals surface area (Å²) < 4.78 is 0. The highest BCUT2D eigenvalue weighted by Crippen LogP contribution is 2.19. The number of hydrogen-bond donors (Lipinski definition) is 0. The highest BCUT2D eigenvalue weighted by atomic mass is 35.5. The highest BCUT2D eigenvalue weighted by Gasteiger charge is 2.08. The van der Waals surface area contributed by atoms with Gasteiger partial charge in [0.25, 0.3) is 0 Å². The fourth-order valence-corrected chi connectivity index (χ4v) is 1.81. The minimum absolute atomic E-state index is 0. The fourth-order valence-electron chi connectivity index (χ4n) is 1.81. The molecular weight excluding hydrogens is 206 g/mol. The maximum absolute atomic E-state index is 2.39. The minimum atomic E-state index is 0. The van der Waals surface area contributed by atoms with Gasteiger partial charge in [-0.1, -0.05) is 37.6 Å². The number of rotatable bonds is 3. The molecule has 0 unspecified atom stereocenters. The van der Waals surface area contributed by atoms with Crippen molar-refractivity contribution in [1.82, 2.24) is 4.90 Å². The van der Waals surface area contributed by atoms with E-state index in [4.69, 9.17) is 0 Å². The molecule has 2 heteroatoms. The van der Waals surface area contributed by atoms with Crippen molar-refractivity contribution in [2.45, 2.75) is 26.3 Å². The lowest BCUT2D eigenvalue weighted by atomic mass is 10.0. The van der Waals surface area contributed by atoms with E-state index in [9.17, 15) is 0 Å². The third-order valence-electron chi connectivity index (χ3n) is 2.69. The molecule has 2 rings (SSSR count). The zero-order valence-electron chi connectivity index (χ0n) is 9.15. The maximum Gasteiger partial charge on any atom is 0.0429 e. The van der Waals surface area contributed by atoms with Crippen molar-refractivity contribution in [2.24, 2.45) is 0 Å². The molecular formula is C13H18ClN. The van der Waals surface area contributed by atoms with Gasteiger partial charge in [0.2, 0.25) is 0 Å². The van der Waals surface area contributed by atoms with Crippen molar-refractivity contribution in [3.63, 3.8) is 0 Å². The van der Waals surface area contributed by atoms with Crippen molar-refractivity contribution in [3.8, 4) is 0 Å². The van der Waals surface area contributed by atoms with Crippen LogP contribution < -0.4 is 0 Å². The van der Waals surface area contributed by atoms with Gasteiger partial charge in [0.1, 0.15) is 0 Å². The Kier molecular flexibility index (Phi) is 4.70. The number of benzene rings is 1. The molecule has 0 aliphatic carbocycles. The lowest BCUT2D eigenvalue weighted by Gasteiger charge is -2.25. The number of nitrogens with zero attached hydrogens (tertiary/aromatic N) is 1. The van der Waals surface area contributed by atoms with Gasteiger partial charge in [-0.25, -0.2) is 0 Å². The molecule has 1 aliphatic heterocycles. The van der Waals surface area contributed by atoms with Crippen molar-refractivity contribution >= 4 is 18.5 Å². The van der Waals surface area contributed by atoms with Gasteiger partial charge in [-0.3, -0.25) is 0 Å². The number of halogens is 1. The molecule has 0 saturated heterocycles. The van der Waals surface area contributed by atoms with Gasteiger partial charge >= 0.3 is 0 Å². The van der Waals surface area contributed by atoms with Crippen LogP contribution in [0.25, 0.3) is 6.08 Å². The van der Waals surface area contributed by atoms with Gasteiger partial charge in [-0.15, -0.1) is 12.4 Å². The summed E-state index contributed by atoms with van der Waals surface area (Å²) in [6.45, 7) is 4.50. The normalized spacial score (nSPS) is 13.3. The summed E-state index contributed by atoms with van der Waals surface area (Å²) in [5, 5.41) is 0. The van der Waals surface area contributed by atoms with Gasteiger partial charge in [0.05, 0.1) is 0 Å². The number of fused-ring (bicyclic) bond motifs is 1. The predicted molar refractivity (Wildman–Crippen MR) is 68.0 cm³/mol. The lowest BCUT2D eigenvalue weighted by Crippen LogP contribution is -2.20. The van der Waals surface area contributed by atoms with Gasteiger partial charge in [0, 0.05) is 13.1 Å². The van der Waals surface area contributed by atoms with Crippen LogP contribution >= 0.6 is 12.4 Å². The number of unbranched alkanes of at least 4 members (excludes halogenated alkanes) is 1. The van der Waals surface area contributed by atoms with Gasteiger partial charge < -0.3 is 4.90 Å². The Bertz CT molecular complexity index is 333. The smallest absolute Gasteiger partial charge is 0.0429 e. The third-order valence-corrected chi connectivity index (χ3v) is 2.69. The molecule has 0 N–H and O–H groups in total. The van der Waals surface area contributed by atoms with E-state index in [0.717, 1.165) is 6.54 Å². The Morgan fingerprint density at radius 1 is 1.27 bits per heavy atom. The summed E-state index contributed by atoms with van der Waals surface area (Å²) in [5.74, 6) is 0. The van der Waals surface area contributed by atoms with Crippen LogP contribution in [-0.2, 0) is 6.54 Å². The third kappa shape index (κ3) is 3.00. The van der Waals surface area contributed by atoms with Gasteiger partial charge in [-0.05, 0) is 29.8 Å². The molecule has 0 aromatic heterocycles. The largest absolute Gasteiger partial charge is 0.373 e. The summed E-state index contributed by atoms with van der Waals surface area (Å²) >= 11 is 0. The van der Waals surface area contributed by atoms with Crippen LogP contribution in [0.5, 0.6) is 0 Å². The van der Waals surface area contributed by atoms with Crippen molar-refractivity contribution in [1.29, 1.82) is 0 Å². The highest BCUT2D eigenvalue weighted by molar-refractivity contribution is 5.85. The Hall–Kier alpha value is -0.950. The zero-order valence-corrected chi connectivity index (χ0v) is 9.96. The molecule has 0 fully saturated rings. The molecule has 0 atom stereocenters. The second kappa shape index (κ2) is 5.82. The summed E-state index contributed by atoms with van der Waals surface area (Å²) in [5.41, 5.74) is 2.83. The number of hydrogen-bond acceptors (Lipinski definition) is 1. The average Bonchev–Trinajstić information content (AvgIpc) is 2.26. The van der Waals surface area contributed by atoms with E-state index < -0.39 is 0 Å². The van der Waals surface area contributed by atoms with Crippen molar-refractivity contribution < 1.29 is 0 Å². The molecule has 0 saturated carbocycles. The molecule has 15 heavy (non-hydrogen) atoms. The molecule has 1 aromatic carbocycles. The first-order valence-corrected chi connectivity index (χ1v) is 5.40. The van der Waals surface area contributed by atoms with Crippen LogP contribution in [0.2, 0.25) is 0 Å². The average molecular weight is 224 g/mol. The van der Waals surface area contributed by atoms with Crippen LogP contribution in [0.1, 0.15) is 30.9 Å².